The maximum absolute atomic E-state index is 12.7. The number of benzene rings is 1. The van der Waals surface area contributed by atoms with Gasteiger partial charge in [-0.2, -0.15) is 4.98 Å². The van der Waals surface area contributed by atoms with Crippen LogP contribution in [0.4, 0.5) is 0 Å². The van der Waals surface area contributed by atoms with Crippen LogP contribution in [0.1, 0.15) is 45.4 Å². The standard InChI is InChI=1S/C19H25ClN4O2.ClH/c1-19(2,3)15(21)18(25)24-10-4-5-13(11-24)17-22-16(23-26-17)12-6-8-14(20)9-7-12;/h6-9,13,15H,4-5,10-11,21H2,1-3H3;1H/t13?,15-;/m1./s1. The van der Waals surface area contributed by atoms with Crippen molar-refractivity contribution in [3.8, 4) is 11.4 Å². The third-order valence-corrected chi connectivity index (χ3v) is 5.08. The predicted octanol–water partition coefficient (Wildman–Crippen LogP) is 3.89. The molecule has 0 spiro atoms. The van der Waals surface area contributed by atoms with E-state index in [0.717, 1.165) is 24.9 Å². The fraction of sp³-hybridized carbons (Fsp3) is 0.526. The molecule has 3 rings (SSSR count). The average molecular weight is 413 g/mol. The van der Waals surface area contributed by atoms with Crippen LogP contribution in [0, 0.1) is 5.41 Å². The maximum atomic E-state index is 12.7. The van der Waals surface area contributed by atoms with Gasteiger partial charge in [0.25, 0.3) is 0 Å². The number of carbonyl (C=O) groups is 1. The predicted molar refractivity (Wildman–Crippen MR) is 108 cm³/mol. The highest BCUT2D eigenvalue weighted by atomic mass is 35.5. The molecule has 2 N–H and O–H groups in total. The van der Waals surface area contributed by atoms with E-state index in [0.29, 0.717) is 23.3 Å². The number of rotatable bonds is 3. The maximum Gasteiger partial charge on any atom is 0.240 e. The Labute approximate surface area is 170 Å². The Morgan fingerprint density at radius 1 is 1.33 bits per heavy atom. The van der Waals surface area contributed by atoms with E-state index in [1.54, 1.807) is 12.1 Å². The lowest BCUT2D eigenvalue weighted by Gasteiger charge is -2.36. The number of nitrogens with zero attached hydrogens (tertiary/aromatic N) is 3. The molecule has 1 fully saturated rings. The summed E-state index contributed by atoms with van der Waals surface area (Å²) in [6.45, 7) is 7.22. The van der Waals surface area contributed by atoms with Gasteiger partial charge in [-0.3, -0.25) is 4.79 Å². The molecule has 0 saturated carbocycles. The molecular weight excluding hydrogens is 387 g/mol. The Morgan fingerprint density at radius 3 is 2.63 bits per heavy atom. The van der Waals surface area contributed by atoms with E-state index in [4.69, 9.17) is 21.9 Å². The smallest absolute Gasteiger partial charge is 0.240 e. The van der Waals surface area contributed by atoms with E-state index in [9.17, 15) is 4.79 Å². The van der Waals surface area contributed by atoms with Crippen LogP contribution in [0.3, 0.4) is 0 Å². The molecule has 0 radical (unpaired) electrons. The second kappa shape index (κ2) is 8.59. The molecule has 2 heterocycles. The van der Waals surface area contributed by atoms with E-state index in [1.165, 1.54) is 0 Å². The summed E-state index contributed by atoms with van der Waals surface area (Å²) in [5.41, 5.74) is 6.73. The Bertz CT molecular complexity index is 771. The average Bonchev–Trinajstić information content (AvgIpc) is 3.10. The minimum Gasteiger partial charge on any atom is -0.341 e. The molecule has 0 aliphatic carbocycles. The SMILES string of the molecule is CC(C)(C)[C@H](N)C(=O)N1CCCC(c2nc(-c3ccc(Cl)cc3)no2)C1.Cl. The second-order valence-corrected chi connectivity index (χ2v) is 8.37. The van der Waals surface area contributed by atoms with Crippen LogP contribution in [0.5, 0.6) is 0 Å². The molecule has 0 bridgehead atoms. The molecule has 1 aromatic carbocycles. The monoisotopic (exact) mass is 412 g/mol. The van der Waals surface area contributed by atoms with Gasteiger partial charge in [-0.1, -0.05) is 37.5 Å². The number of hydrogen-bond acceptors (Lipinski definition) is 5. The Kier molecular flexibility index (Phi) is 6.89. The van der Waals surface area contributed by atoms with Crippen LogP contribution >= 0.6 is 24.0 Å². The van der Waals surface area contributed by atoms with E-state index in [-0.39, 0.29) is 29.6 Å². The summed E-state index contributed by atoms with van der Waals surface area (Å²) in [5.74, 6) is 1.12. The first-order chi connectivity index (χ1) is 12.3. The number of aromatic nitrogens is 2. The van der Waals surface area contributed by atoms with Crippen LogP contribution < -0.4 is 5.73 Å². The lowest BCUT2D eigenvalue weighted by Crippen LogP contribution is -2.52. The van der Waals surface area contributed by atoms with Crippen LogP contribution in [0.2, 0.25) is 5.02 Å². The molecule has 27 heavy (non-hydrogen) atoms. The third-order valence-electron chi connectivity index (χ3n) is 4.83. The normalized spacial score (nSPS) is 18.7. The largest absolute Gasteiger partial charge is 0.341 e. The zero-order valence-corrected chi connectivity index (χ0v) is 17.4. The summed E-state index contributed by atoms with van der Waals surface area (Å²) in [6, 6.07) is 6.78. The molecule has 2 aromatic rings. The van der Waals surface area contributed by atoms with E-state index in [1.807, 2.05) is 37.8 Å². The van der Waals surface area contributed by atoms with Crippen molar-refractivity contribution in [2.45, 2.75) is 45.6 Å². The van der Waals surface area contributed by atoms with Crippen molar-refractivity contribution in [1.29, 1.82) is 0 Å². The molecule has 2 atom stereocenters. The van der Waals surface area contributed by atoms with E-state index < -0.39 is 6.04 Å². The van der Waals surface area contributed by atoms with Gasteiger partial charge in [0.1, 0.15) is 0 Å². The van der Waals surface area contributed by atoms with Crippen LogP contribution in [0.15, 0.2) is 28.8 Å². The van der Waals surface area contributed by atoms with Crippen molar-refractivity contribution in [1.82, 2.24) is 15.0 Å². The fourth-order valence-corrected chi connectivity index (χ4v) is 3.19. The summed E-state index contributed by atoms with van der Waals surface area (Å²) in [4.78, 5) is 19.1. The van der Waals surface area contributed by atoms with Crippen molar-refractivity contribution in [2.75, 3.05) is 13.1 Å². The van der Waals surface area contributed by atoms with Gasteiger partial charge in [0.05, 0.1) is 12.0 Å². The van der Waals surface area contributed by atoms with Gasteiger partial charge in [-0.15, -0.1) is 12.4 Å². The Hall–Kier alpha value is -1.63. The van der Waals surface area contributed by atoms with Crippen LogP contribution in [-0.4, -0.2) is 40.1 Å². The first kappa shape index (κ1) is 21.7. The van der Waals surface area contributed by atoms with Crippen LogP contribution in [0.25, 0.3) is 11.4 Å². The van der Waals surface area contributed by atoms with Crippen molar-refractivity contribution in [3.05, 3.63) is 35.2 Å². The number of piperidine rings is 1. The van der Waals surface area contributed by atoms with Gasteiger partial charge in [0.2, 0.25) is 17.6 Å². The van der Waals surface area contributed by atoms with Gasteiger partial charge >= 0.3 is 0 Å². The number of likely N-dealkylation sites (tertiary alicyclic amines) is 1. The second-order valence-electron chi connectivity index (χ2n) is 7.93. The lowest BCUT2D eigenvalue weighted by molar-refractivity contribution is -0.136. The van der Waals surface area contributed by atoms with E-state index >= 15 is 0 Å². The van der Waals surface area contributed by atoms with Gasteiger partial charge in [-0.05, 0) is 42.5 Å². The van der Waals surface area contributed by atoms with Gasteiger partial charge in [-0.25, -0.2) is 0 Å². The number of nitrogens with two attached hydrogens (primary N) is 1. The van der Waals surface area contributed by atoms with Crippen molar-refractivity contribution >= 4 is 29.9 Å². The fourth-order valence-electron chi connectivity index (χ4n) is 3.06. The molecule has 1 unspecified atom stereocenters. The zero-order chi connectivity index (χ0) is 18.9. The first-order valence-corrected chi connectivity index (χ1v) is 9.27. The highest BCUT2D eigenvalue weighted by Crippen LogP contribution is 2.29. The molecule has 1 amide bonds. The number of amides is 1. The summed E-state index contributed by atoms with van der Waals surface area (Å²) < 4.78 is 5.48. The van der Waals surface area contributed by atoms with E-state index in [2.05, 4.69) is 10.1 Å². The minimum atomic E-state index is -0.520. The first-order valence-electron chi connectivity index (χ1n) is 8.89. The van der Waals surface area contributed by atoms with Crippen molar-refractivity contribution < 1.29 is 9.32 Å². The van der Waals surface area contributed by atoms with Gasteiger partial charge in [0.15, 0.2) is 0 Å². The van der Waals surface area contributed by atoms with Gasteiger partial charge in [0, 0.05) is 23.7 Å². The summed E-state index contributed by atoms with van der Waals surface area (Å²) >= 11 is 5.92. The topological polar surface area (TPSA) is 85.3 Å². The summed E-state index contributed by atoms with van der Waals surface area (Å²) in [7, 11) is 0. The molecule has 6 nitrogen and oxygen atoms in total. The third kappa shape index (κ3) is 5.00. The lowest BCUT2D eigenvalue weighted by atomic mass is 9.86. The number of halogens is 2. The molecule has 1 saturated heterocycles. The quantitative estimate of drug-likeness (QED) is 0.825. The number of hydrogen-bond donors (Lipinski definition) is 1. The molecule has 1 aliphatic rings. The van der Waals surface area contributed by atoms with Gasteiger partial charge < -0.3 is 15.2 Å². The zero-order valence-electron chi connectivity index (χ0n) is 15.8. The molecule has 148 valence electrons. The molecular formula is C19H26Cl2N4O2. The highest BCUT2D eigenvalue weighted by Gasteiger charge is 2.35. The summed E-state index contributed by atoms with van der Waals surface area (Å²) in [5, 5.41) is 4.74. The Morgan fingerprint density at radius 2 is 2.00 bits per heavy atom. The van der Waals surface area contributed by atoms with Crippen molar-refractivity contribution in [3.63, 3.8) is 0 Å². The van der Waals surface area contributed by atoms with Crippen molar-refractivity contribution in [2.24, 2.45) is 11.1 Å². The molecule has 1 aromatic heterocycles. The Balaban J connectivity index is 0.00000261. The molecule has 1 aliphatic heterocycles. The summed E-state index contributed by atoms with van der Waals surface area (Å²) in [6.07, 6.45) is 1.81. The number of carbonyl (C=O) groups excluding carboxylic acids is 1. The van der Waals surface area contributed by atoms with Crippen LogP contribution in [-0.2, 0) is 4.79 Å². The minimum absolute atomic E-state index is 0. The highest BCUT2D eigenvalue weighted by molar-refractivity contribution is 6.30. The molecule has 8 heteroatoms.